The molecule has 1 rings (SSSR count). The Morgan fingerprint density at radius 1 is 0.818 bits per heavy atom. The number of carbonyl (C=O) groups excluding carboxylic acids is 1. The standard InChI is InChI=1S/C20H32O2/c1-3-5-6-7-8-9-10-11-12-18-13-15-19(16-14-18)20(21)22-17-4-2/h13-16H,3-12,17H2,1-2H3. The molecule has 0 atom stereocenters. The molecular formula is C20H32O2. The van der Waals surface area contributed by atoms with Gasteiger partial charge in [-0.15, -0.1) is 0 Å². The molecule has 2 nitrogen and oxygen atoms in total. The largest absolute Gasteiger partial charge is 0.462 e. The number of ether oxygens (including phenoxy) is 1. The van der Waals surface area contributed by atoms with Gasteiger partial charge in [-0.05, 0) is 37.0 Å². The SMILES string of the molecule is CCCCCCCCCCc1ccc(C(=O)OCCC)cc1. The van der Waals surface area contributed by atoms with Gasteiger partial charge in [0.2, 0.25) is 0 Å². The Bertz CT molecular complexity index is 395. The van der Waals surface area contributed by atoms with Crippen molar-refractivity contribution in [2.45, 2.75) is 78.1 Å². The molecule has 2 heteroatoms. The molecule has 0 unspecified atom stereocenters. The number of unbranched alkanes of at least 4 members (excludes halogenated alkanes) is 7. The van der Waals surface area contributed by atoms with Gasteiger partial charge in [0.25, 0.3) is 0 Å². The van der Waals surface area contributed by atoms with Gasteiger partial charge >= 0.3 is 5.97 Å². The molecule has 0 heterocycles. The van der Waals surface area contributed by atoms with Gasteiger partial charge in [-0.1, -0.05) is 70.9 Å². The lowest BCUT2D eigenvalue weighted by Crippen LogP contribution is -2.05. The molecule has 0 amide bonds. The van der Waals surface area contributed by atoms with E-state index >= 15 is 0 Å². The molecule has 0 radical (unpaired) electrons. The molecule has 0 aliphatic rings. The summed E-state index contributed by atoms with van der Waals surface area (Å²) < 4.78 is 5.13. The van der Waals surface area contributed by atoms with Crippen LogP contribution in [0.25, 0.3) is 0 Å². The minimum Gasteiger partial charge on any atom is -0.462 e. The van der Waals surface area contributed by atoms with E-state index in [-0.39, 0.29) is 5.97 Å². The molecule has 0 N–H and O–H groups in total. The Labute approximate surface area is 136 Å². The zero-order valence-corrected chi connectivity index (χ0v) is 14.4. The maximum absolute atomic E-state index is 11.7. The van der Waals surface area contributed by atoms with Crippen molar-refractivity contribution < 1.29 is 9.53 Å². The van der Waals surface area contributed by atoms with E-state index in [4.69, 9.17) is 4.74 Å². The monoisotopic (exact) mass is 304 g/mol. The third-order valence-electron chi connectivity index (χ3n) is 3.95. The molecule has 0 saturated carbocycles. The fourth-order valence-electron chi connectivity index (χ4n) is 2.55. The average Bonchev–Trinajstić information content (AvgIpc) is 2.55. The molecule has 1 aromatic rings. The van der Waals surface area contributed by atoms with Gasteiger partial charge in [0, 0.05) is 0 Å². The highest BCUT2D eigenvalue weighted by molar-refractivity contribution is 5.89. The second-order valence-corrected chi connectivity index (χ2v) is 6.06. The molecule has 0 aliphatic heterocycles. The smallest absolute Gasteiger partial charge is 0.338 e. The quantitative estimate of drug-likeness (QED) is 0.353. The number of esters is 1. The summed E-state index contributed by atoms with van der Waals surface area (Å²) in [6.45, 7) is 4.76. The summed E-state index contributed by atoms with van der Waals surface area (Å²) in [5.41, 5.74) is 1.98. The first-order chi connectivity index (χ1) is 10.8. The lowest BCUT2D eigenvalue weighted by Gasteiger charge is -2.05. The number of aryl methyl sites for hydroxylation is 1. The molecule has 0 bridgehead atoms. The van der Waals surface area contributed by atoms with Crippen LogP contribution in [0.2, 0.25) is 0 Å². The van der Waals surface area contributed by atoms with Crippen LogP contribution in [0.3, 0.4) is 0 Å². The van der Waals surface area contributed by atoms with Crippen molar-refractivity contribution >= 4 is 5.97 Å². The van der Waals surface area contributed by atoms with Crippen molar-refractivity contribution in [3.05, 3.63) is 35.4 Å². The van der Waals surface area contributed by atoms with Gasteiger partial charge < -0.3 is 4.74 Å². The third-order valence-corrected chi connectivity index (χ3v) is 3.95. The summed E-state index contributed by atoms with van der Waals surface area (Å²) >= 11 is 0. The van der Waals surface area contributed by atoms with E-state index < -0.39 is 0 Å². The van der Waals surface area contributed by atoms with Crippen LogP contribution in [0, 0.1) is 0 Å². The van der Waals surface area contributed by atoms with Gasteiger partial charge in [0.1, 0.15) is 0 Å². The van der Waals surface area contributed by atoms with E-state index in [0.29, 0.717) is 12.2 Å². The molecule has 0 saturated heterocycles. The first-order valence-electron chi connectivity index (χ1n) is 9.04. The highest BCUT2D eigenvalue weighted by atomic mass is 16.5. The molecule has 124 valence electrons. The highest BCUT2D eigenvalue weighted by Crippen LogP contribution is 2.12. The van der Waals surface area contributed by atoms with Crippen molar-refractivity contribution in [3.63, 3.8) is 0 Å². The summed E-state index contributed by atoms with van der Waals surface area (Å²) in [7, 11) is 0. The summed E-state index contributed by atoms with van der Waals surface area (Å²) in [6.07, 6.45) is 12.7. The second kappa shape index (κ2) is 12.3. The van der Waals surface area contributed by atoms with Gasteiger partial charge in [0.15, 0.2) is 0 Å². The van der Waals surface area contributed by atoms with Crippen LogP contribution >= 0.6 is 0 Å². The fraction of sp³-hybridized carbons (Fsp3) is 0.650. The second-order valence-electron chi connectivity index (χ2n) is 6.06. The number of benzene rings is 1. The topological polar surface area (TPSA) is 26.3 Å². The van der Waals surface area contributed by atoms with E-state index in [1.165, 1.54) is 56.9 Å². The Morgan fingerprint density at radius 3 is 2.00 bits per heavy atom. The molecule has 1 aromatic carbocycles. The number of rotatable bonds is 12. The summed E-state index contributed by atoms with van der Waals surface area (Å²) in [5, 5.41) is 0. The van der Waals surface area contributed by atoms with E-state index in [9.17, 15) is 4.79 Å². The molecule has 0 fully saturated rings. The van der Waals surface area contributed by atoms with E-state index in [1.54, 1.807) is 0 Å². The van der Waals surface area contributed by atoms with E-state index in [1.807, 2.05) is 19.1 Å². The van der Waals surface area contributed by atoms with Crippen LogP contribution in [0.15, 0.2) is 24.3 Å². The molecule has 0 spiro atoms. The van der Waals surface area contributed by atoms with Gasteiger partial charge in [-0.2, -0.15) is 0 Å². The number of carbonyl (C=O) groups is 1. The van der Waals surface area contributed by atoms with Crippen molar-refractivity contribution in [2.24, 2.45) is 0 Å². The van der Waals surface area contributed by atoms with Gasteiger partial charge in [-0.25, -0.2) is 4.79 Å². The maximum atomic E-state index is 11.7. The first kappa shape index (κ1) is 18.7. The summed E-state index contributed by atoms with van der Waals surface area (Å²) in [5.74, 6) is -0.208. The summed E-state index contributed by atoms with van der Waals surface area (Å²) in [4.78, 5) is 11.7. The Hall–Kier alpha value is -1.31. The van der Waals surface area contributed by atoms with Crippen LogP contribution in [0.4, 0.5) is 0 Å². The lowest BCUT2D eigenvalue weighted by molar-refractivity contribution is 0.0505. The molecular weight excluding hydrogens is 272 g/mol. The lowest BCUT2D eigenvalue weighted by atomic mass is 10.0. The van der Waals surface area contributed by atoms with Crippen LogP contribution in [0.1, 0.15) is 87.6 Å². The molecule has 0 aromatic heterocycles. The predicted octanol–water partition coefficient (Wildman–Crippen LogP) is 5.94. The van der Waals surface area contributed by atoms with Gasteiger partial charge in [0.05, 0.1) is 12.2 Å². The Balaban J connectivity index is 2.15. The van der Waals surface area contributed by atoms with Crippen LogP contribution in [-0.4, -0.2) is 12.6 Å². The van der Waals surface area contributed by atoms with Crippen LogP contribution in [-0.2, 0) is 11.2 Å². The Morgan fingerprint density at radius 2 is 1.41 bits per heavy atom. The van der Waals surface area contributed by atoms with Gasteiger partial charge in [-0.3, -0.25) is 0 Å². The summed E-state index contributed by atoms with van der Waals surface area (Å²) in [6, 6.07) is 7.89. The highest BCUT2D eigenvalue weighted by Gasteiger charge is 2.05. The van der Waals surface area contributed by atoms with E-state index in [2.05, 4.69) is 19.1 Å². The van der Waals surface area contributed by atoms with Crippen molar-refractivity contribution in [3.8, 4) is 0 Å². The van der Waals surface area contributed by atoms with Crippen molar-refractivity contribution in [1.82, 2.24) is 0 Å². The molecule has 0 aliphatic carbocycles. The average molecular weight is 304 g/mol. The fourth-order valence-corrected chi connectivity index (χ4v) is 2.55. The van der Waals surface area contributed by atoms with Crippen LogP contribution in [0.5, 0.6) is 0 Å². The van der Waals surface area contributed by atoms with E-state index in [0.717, 1.165) is 12.8 Å². The maximum Gasteiger partial charge on any atom is 0.338 e. The Kier molecular flexibility index (Phi) is 10.4. The third kappa shape index (κ3) is 8.21. The van der Waals surface area contributed by atoms with Crippen LogP contribution < -0.4 is 0 Å². The zero-order chi connectivity index (χ0) is 16.0. The number of hydrogen-bond donors (Lipinski definition) is 0. The predicted molar refractivity (Wildman–Crippen MR) is 93.3 cm³/mol. The molecule has 22 heavy (non-hydrogen) atoms. The minimum atomic E-state index is -0.208. The van der Waals surface area contributed by atoms with Crippen molar-refractivity contribution in [2.75, 3.05) is 6.61 Å². The number of hydrogen-bond acceptors (Lipinski definition) is 2. The van der Waals surface area contributed by atoms with Crippen molar-refractivity contribution in [1.29, 1.82) is 0 Å². The first-order valence-corrected chi connectivity index (χ1v) is 9.04. The zero-order valence-electron chi connectivity index (χ0n) is 14.4. The normalized spacial score (nSPS) is 10.6. The minimum absolute atomic E-state index is 0.208.